The fourth-order valence-electron chi connectivity index (χ4n) is 7.63. The average Bonchev–Trinajstić information content (AvgIpc) is 3.33. The molecule has 0 aliphatic heterocycles. The van der Waals surface area contributed by atoms with Gasteiger partial charge in [-0.2, -0.15) is 18.3 Å². The van der Waals surface area contributed by atoms with Crippen molar-refractivity contribution in [2.75, 3.05) is 6.54 Å². The van der Waals surface area contributed by atoms with Gasteiger partial charge in [0, 0.05) is 5.02 Å². The predicted octanol–water partition coefficient (Wildman–Crippen LogP) is 7.97. The minimum atomic E-state index is -4.93. The van der Waals surface area contributed by atoms with Crippen LogP contribution in [-0.2, 0) is 11.0 Å². The molecule has 3 saturated carbocycles. The van der Waals surface area contributed by atoms with E-state index in [2.05, 4.69) is 5.10 Å². The van der Waals surface area contributed by atoms with Crippen molar-refractivity contribution in [2.45, 2.75) is 83.5 Å². The number of nitrogens with zero attached hydrogens (tertiary/aromatic N) is 3. The lowest BCUT2D eigenvalue weighted by molar-refractivity contribution is -0.152. The third-order valence-electron chi connectivity index (χ3n) is 10.1. The number of aromatic nitrogens is 2. The minimum absolute atomic E-state index is 0.00864. The van der Waals surface area contributed by atoms with Crippen molar-refractivity contribution in [1.82, 2.24) is 14.7 Å². The van der Waals surface area contributed by atoms with E-state index in [-0.39, 0.29) is 52.2 Å². The van der Waals surface area contributed by atoms with E-state index >= 15 is 0 Å². The van der Waals surface area contributed by atoms with Gasteiger partial charge in [-0.15, -0.1) is 0 Å². The monoisotopic (exact) mass is 647 g/mol. The Balaban J connectivity index is 1.54. The van der Waals surface area contributed by atoms with Crippen LogP contribution in [0.15, 0.2) is 18.3 Å². The molecule has 1 heterocycles. The van der Waals surface area contributed by atoms with Gasteiger partial charge in [-0.05, 0) is 68.9 Å². The molecule has 2 atom stereocenters. The maximum absolute atomic E-state index is 14.7. The third kappa shape index (κ3) is 4.81. The van der Waals surface area contributed by atoms with Gasteiger partial charge in [-0.1, -0.05) is 55.1 Å². The second kappa shape index (κ2) is 10.4. The molecule has 2 unspecified atom stereocenters. The highest BCUT2D eigenvalue weighted by Gasteiger charge is 2.76. The molecule has 0 bridgehead atoms. The Labute approximate surface area is 256 Å². The molecule has 1 aromatic heterocycles. The Morgan fingerprint density at radius 1 is 1.05 bits per heavy atom. The van der Waals surface area contributed by atoms with Crippen molar-refractivity contribution in [3.63, 3.8) is 0 Å². The molecule has 1 amide bonds. The van der Waals surface area contributed by atoms with E-state index in [1.54, 1.807) is 6.92 Å². The van der Waals surface area contributed by atoms with Crippen molar-refractivity contribution in [3.05, 3.63) is 50.2 Å². The summed E-state index contributed by atoms with van der Waals surface area (Å²) < 4.78 is 44.8. The minimum Gasteiger partial charge on any atom is -0.481 e. The largest absolute Gasteiger partial charge is 0.481 e. The fourth-order valence-corrected chi connectivity index (χ4v) is 8.66. The van der Waals surface area contributed by atoms with Crippen molar-refractivity contribution in [1.29, 1.82) is 0 Å². The molecule has 1 N–H and O–H groups in total. The van der Waals surface area contributed by atoms with Crippen molar-refractivity contribution in [3.8, 4) is 0 Å². The molecular weight excluding hydrogens is 618 g/mol. The molecule has 3 aliphatic rings. The summed E-state index contributed by atoms with van der Waals surface area (Å²) in [6.07, 6.45) is -1.24. The molecule has 228 valence electrons. The van der Waals surface area contributed by atoms with Crippen LogP contribution in [0.4, 0.5) is 13.2 Å². The van der Waals surface area contributed by atoms with Crippen molar-refractivity contribution >= 4 is 52.5 Å². The first-order chi connectivity index (χ1) is 19.5. The summed E-state index contributed by atoms with van der Waals surface area (Å²) >= 11 is 18.6. The molecule has 3 aliphatic carbocycles. The highest BCUT2D eigenvalue weighted by molar-refractivity contribution is 6.42. The lowest BCUT2D eigenvalue weighted by Gasteiger charge is -2.35. The van der Waals surface area contributed by atoms with Crippen LogP contribution in [-0.4, -0.2) is 49.5 Å². The van der Waals surface area contributed by atoms with Crippen molar-refractivity contribution < 1.29 is 32.7 Å². The molecule has 0 saturated heterocycles. The lowest BCUT2D eigenvalue weighted by atomic mass is 9.74. The lowest BCUT2D eigenvalue weighted by Crippen LogP contribution is -2.48. The van der Waals surface area contributed by atoms with Gasteiger partial charge in [0.25, 0.3) is 5.91 Å². The molecule has 42 heavy (non-hydrogen) atoms. The number of benzene rings is 1. The summed E-state index contributed by atoms with van der Waals surface area (Å²) in [5, 5.41) is 13.8. The van der Waals surface area contributed by atoms with Gasteiger partial charge in [-0.3, -0.25) is 19.1 Å². The van der Waals surface area contributed by atoms with Gasteiger partial charge < -0.3 is 10.0 Å². The fraction of sp³-hybridized carbons (Fsp3) is 0.586. The quantitative estimate of drug-likeness (QED) is 0.308. The average molecular weight is 649 g/mol. The maximum atomic E-state index is 14.7. The SMILES string of the molecule is CC1(C(=O)O)CCC(n2ncc(C(=O)N(CC(=O)c3c(Cl)cc(Cl)cc3Cl)C34CCCC3C4(C)C)c2C(F)(F)F)CC1. The van der Waals surface area contributed by atoms with Crippen LogP contribution in [0.1, 0.15) is 98.2 Å². The second-order valence-electron chi connectivity index (χ2n) is 12.6. The predicted molar refractivity (Wildman–Crippen MR) is 151 cm³/mol. The molecule has 7 nitrogen and oxygen atoms in total. The number of ketones is 1. The second-order valence-corrected chi connectivity index (χ2v) is 13.8. The number of alkyl halides is 3. The van der Waals surface area contributed by atoms with E-state index in [9.17, 15) is 32.7 Å². The first-order valence-electron chi connectivity index (χ1n) is 13.8. The summed E-state index contributed by atoms with van der Waals surface area (Å²) in [5.41, 5.74) is -4.16. The Hall–Kier alpha value is -2.30. The van der Waals surface area contributed by atoms with E-state index in [1.165, 1.54) is 17.0 Å². The Kier molecular flexibility index (Phi) is 7.71. The number of aliphatic carboxylic acids is 1. The smallest absolute Gasteiger partial charge is 0.433 e. The Morgan fingerprint density at radius 2 is 1.64 bits per heavy atom. The summed E-state index contributed by atoms with van der Waals surface area (Å²) in [6, 6.07) is 1.96. The van der Waals surface area contributed by atoms with Crippen LogP contribution in [0.2, 0.25) is 15.1 Å². The van der Waals surface area contributed by atoms with Crippen LogP contribution in [0, 0.1) is 16.7 Å². The molecule has 13 heteroatoms. The normalized spacial score (nSPS) is 28.3. The highest BCUT2D eigenvalue weighted by Crippen LogP contribution is 2.73. The molecule has 1 aromatic carbocycles. The number of carboxylic acid groups (broad SMARTS) is 1. The van der Waals surface area contributed by atoms with Gasteiger partial charge in [0.1, 0.15) is 0 Å². The highest BCUT2D eigenvalue weighted by atomic mass is 35.5. The van der Waals surface area contributed by atoms with E-state index in [0.717, 1.165) is 23.7 Å². The first-order valence-corrected chi connectivity index (χ1v) is 15.0. The van der Waals surface area contributed by atoms with Gasteiger partial charge in [0.2, 0.25) is 0 Å². The number of carbonyl (C=O) groups excluding carboxylic acids is 2. The van der Waals surface area contributed by atoms with Crippen molar-refractivity contribution in [2.24, 2.45) is 16.7 Å². The van der Waals surface area contributed by atoms with Crippen LogP contribution in [0.3, 0.4) is 0 Å². The van der Waals surface area contributed by atoms with E-state index in [0.29, 0.717) is 6.42 Å². The molecule has 2 aromatic rings. The molecule has 3 fully saturated rings. The topological polar surface area (TPSA) is 92.5 Å². The van der Waals surface area contributed by atoms with Gasteiger partial charge in [0.05, 0.1) is 50.9 Å². The van der Waals surface area contributed by atoms with Crippen LogP contribution in [0.25, 0.3) is 0 Å². The number of carbonyl (C=O) groups is 3. The summed E-state index contributed by atoms with van der Waals surface area (Å²) in [5.74, 6) is -2.54. The number of amides is 1. The number of fused-ring (bicyclic) bond motifs is 1. The number of halogens is 6. The Bertz CT molecular complexity index is 1440. The molecule has 0 radical (unpaired) electrons. The summed E-state index contributed by atoms with van der Waals surface area (Å²) in [4.78, 5) is 40.8. The maximum Gasteiger partial charge on any atom is 0.433 e. The van der Waals surface area contributed by atoms with E-state index in [1.807, 2.05) is 13.8 Å². The van der Waals surface area contributed by atoms with Gasteiger partial charge in [0.15, 0.2) is 11.5 Å². The summed E-state index contributed by atoms with van der Waals surface area (Å²) in [6.45, 7) is 4.97. The number of rotatable bonds is 7. The van der Waals surface area contributed by atoms with Crippen LogP contribution >= 0.6 is 34.8 Å². The molecule has 5 rings (SSSR count). The molecular formula is C29H31Cl3F3N3O4. The number of hydrogen-bond donors (Lipinski definition) is 1. The Morgan fingerprint density at radius 3 is 2.14 bits per heavy atom. The van der Waals surface area contributed by atoms with Gasteiger partial charge >= 0.3 is 12.1 Å². The first kappa shape index (κ1) is 31.1. The zero-order valence-corrected chi connectivity index (χ0v) is 25.6. The number of carboxylic acids is 1. The standard InChI is InChI=1S/C29H31Cl3F3N3O4/c1-26(2)21-5-4-8-28(21,26)37(14-20(39)22-18(31)11-15(30)12-19(22)32)24(40)17-13-36-38(23(17)29(33,34)35)16-6-9-27(3,10-7-16)25(41)42/h11-13,16,21H,4-10,14H2,1-3H3,(H,41,42). The number of hydrogen-bond acceptors (Lipinski definition) is 4. The zero-order chi connectivity index (χ0) is 31.0. The van der Waals surface area contributed by atoms with E-state index in [4.69, 9.17) is 34.8 Å². The third-order valence-corrected chi connectivity index (χ3v) is 10.9. The molecule has 0 spiro atoms. The van der Waals surface area contributed by atoms with E-state index < -0.39 is 64.0 Å². The van der Waals surface area contributed by atoms with Crippen LogP contribution < -0.4 is 0 Å². The van der Waals surface area contributed by atoms with Gasteiger partial charge in [-0.25, -0.2) is 0 Å². The zero-order valence-electron chi connectivity index (χ0n) is 23.3. The number of Topliss-reactive ketones (excluding diaryl/α,β-unsaturated/α-hetero) is 1. The summed E-state index contributed by atoms with van der Waals surface area (Å²) in [7, 11) is 0. The van der Waals surface area contributed by atoms with Crippen LogP contribution in [0.5, 0.6) is 0 Å².